The van der Waals surface area contributed by atoms with Gasteiger partial charge in [-0.05, 0) is 31.2 Å². The quantitative estimate of drug-likeness (QED) is 0.312. The summed E-state index contributed by atoms with van der Waals surface area (Å²) in [5.41, 5.74) is 0. The van der Waals surface area contributed by atoms with Gasteiger partial charge in [-0.1, -0.05) is 12.8 Å². The highest BCUT2D eigenvalue weighted by atomic mass is 32.2. The second-order valence-electron chi connectivity index (χ2n) is 5.04. The van der Waals surface area contributed by atoms with Crippen LogP contribution < -0.4 is 10.6 Å². The Hall–Kier alpha value is -1.14. The number of unbranched alkanes of at least 4 members (excludes halogenated alkanes) is 3. The van der Waals surface area contributed by atoms with Crippen molar-refractivity contribution in [2.24, 2.45) is 4.99 Å². The van der Waals surface area contributed by atoms with Crippen molar-refractivity contribution in [2.45, 2.75) is 32.1 Å². The number of nitrogens with zero attached hydrogens (tertiary/aromatic N) is 1. The normalized spacial score (nSPS) is 11.6. The fourth-order valence-corrected chi connectivity index (χ4v) is 2.28. The van der Waals surface area contributed by atoms with Crippen molar-refractivity contribution >= 4 is 17.7 Å². The fraction of sp³-hybridized carbons (Fsp3) is 0.688. The predicted molar refractivity (Wildman–Crippen MR) is 94.7 cm³/mol. The van der Waals surface area contributed by atoms with Gasteiger partial charge in [0, 0.05) is 38.4 Å². The van der Waals surface area contributed by atoms with E-state index in [9.17, 15) is 0 Å². The molecule has 5 nitrogen and oxygen atoms in total. The van der Waals surface area contributed by atoms with Crippen LogP contribution in [0, 0.1) is 0 Å². The number of hydrogen-bond donors (Lipinski definition) is 3. The molecular weight excluding hydrogens is 298 g/mol. The van der Waals surface area contributed by atoms with Crippen LogP contribution in [0.2, 0.25) is 0 Å². The monoisotopic (exact) mass is 327 g/mol. The van der Waals surface area contributed by atoms with Crippen LogP contribution in [0.1, 0.15) is 31.4 Å². The lowest BCUT2D eigenvalue weighted by Gasteiger charge is -2.11. The molecule has 0 aliphatic carbocycles. The number of hydrogen-bond acceptors (Lipinski definition) is 4. The van der Waals surface area contributed by atoms with Gasteiger partial charge >= 0.3 is 0 Å². The topological polar surface area (TPSA) is 69.8 Å². The molecular formula is C16H29N3O2S. The summed E-state index contributed by atoms with van der Waals surface area (Å²) < 4.78 is 5.33. The second kappa shape index (κ2) is 13.5. The van der Waals surface area contributed by atoms with E-state index in [4.69, 9.17) is 9.52 Å². The molecule has 0 aromatic carbocycles. The molecule has 0 radical (unpaired) electrons. The van der Waals surface area contributed by atoms with Gasteiger partial charge in [0.2, 0.25) is 0 Å². The molecule has 126 valence electrons. The molecule has 0 fully saturated rings. The molecule has 0 unspecified atom stereocenters. The van der Waals surface area contributed by atoms with Crippen molar-refractivity contribution in [3.63, 3.8) is 0 Å². The van der Waals surface area contributed by atoms with E-state index in [2.05, 4.69) is 21.9 Å². The van der Waals surface area contributed by atoms with Crippen molar-refractivity contribution in [1.29, 1.82) is 0 Å². The Kier molecular flexibility index (Phi) is 11.6. The summed E-state index contributed by atoms with van der Waals surface area (Å²) in [6.07, 6.45) is 8.81. The van der Waals surface area contributed by atoms with Gasteiger partial charge in [0.15, 0.2) is 5.96 Å². The number of aliphatic hydroxyl groups is 1. The van der Waals surface area contributed by atoms with Gasteiger partial charge in [0.25, 0.3) is 0 Å². The summed E-state index contributed by atoms with van der Waals surface area (Å²) in [7, 11) is 0. The maximum Gasteiger partial charge on any atom is 0.191 e. The van der Waals surface area contributed by atoms with Crippen LogP contribution in [-0.2, 0) is 6.42 Å². The minimum Gasteiger partial charge on any atom is -0.469 e. The van der Waals surface area contributed by atoms with Crippen molar-refractivity contribution in [1.82, 2.24) is 10.6 Å². The van der Waals surface area contributed by atoms with E-state index in [0.29, 0.717) is 6.61 Å². The molecule has 6 heteroatoms. The van der Waals surface area contributed by atoms with Gasteiger partial charge in [-0.25, -0.2) is 0 Å². The van der Waals surface area contributed by atoms with Crippen molar-refractivity contribution < 1.29 is 9.52 Å². The van der Waals surface area contributed by atoms with Crippen LogP contribution in [0.15, 0.2) is 27.8 Å². The third kappa shape index (κ3) is 9.73. The van der Waals surface area contributed by atoms with Crippen LogP contribution in [0.5, 0.6) is 0 Å². The second-order valence-corrected chi connectivity index (χ2v) is 6.03. The Morgan fingerprint density at radius 1 is 1.23 bits per heavy atom. The molecule has 1 heterocycles. The lowest BCUT2D eigenvalue weighted by atomic mass is 10.2. The number of thioether (sulfide) groups is 1. The smallest absolute Gasteiger partial charge is 0.191 e. The zero-order valence-corrected chi connectivity index (χ0v) is 14.3. The number of guanidine groups is 1. The van der Waals surface area contributed by atoms with Crippen LogP contribution in [0.25, 0.3) is 0 Å². The van der Waals surface area contributed by atoms with E-state index >= 15 is 0 Å². The van der Waals surface area contributed by atoms with E-state index in [1.54, 1.807) is 6.26 Å². The van der Waals surface area contributed by atoms with Crippen molar-refractivity contribution in [3.8, 4) is 0 Å². The van der Waals surface area contributed by atoms with Gasteiger partial charge in [0.05, 0.1) is 6.26 Å². The van der Waals surface area contributed by atoms with Gasteiger partial charge in [-0.2, -0.15) is 11.8 Å². The first-order valence-corrected chi connectivity index (χ1v) is 9.40. The third-order valence-corrected chi connectivity index (χ3v) is 3.79. The summed E-state index contributed by atoms with van der Waals surface area (Å²) in [6.45, 7) is 2.83. The molecule has 0 spiro atoms. The zero-order chi connectivity index (χ0) is 15.9. The molecule has 22 heavy (non-hydrogen) atoms. The molecule has 1 aromatic rings. The fourth-order valence-electron chi connectivity index (χ4n) is 1.97. The molecule has 0 atom stereocenters. The van der Waals surface area contributed by atoms with E-state index in [1.807, 2.05) is 23.9 Å². The van der Waals surface area contributed by atoms with Crippen molar-refractivity contribution in [2.75, 3.05) is 38.2 Å². The van der Waals surface area contributed by atoms with Crippen LogP contribution in [0.3, 0.4) is 0 Å². The lowest BCUT2D eigenvalue weighted by Crippen LogP contribution is -2.39. The largest absolute Gasteiger partial charge is 0.469 e. The minimum absolute atomic E-state index is 0.291. The number of aliphatic hydroxyl groups excluding tert-OH is 1. The highest BCUT2D eigenvalue weighted by Gasteiger charge is 2.00. The molecule has 0 saturated carbocycles. The van der Waals surface area contributed by atoms with E-state index in [1.165, 1.54) is 0 Å². The zero-order valence-electron chi connectivity index (χ0n) is 13.5. The molecule has 1 rings (SSSR count). The first kappa shape index (κ1) is 18.9. The number of nitrogens with one attached hydrogen (secondary N) is 2. The molecule has 0 saturated heterocycles. The van der Waals surface area contributed by atoms with Crippen LogP contribution in [0.4, 0.5) is 0 Å². The number of rotatable bonds is 12. The molecule has 3 N–H and O–H groups in total. The Balaban J connectivity index is 2.24. The summed E-state index contributed by atoms with van der Waals surface area (Å²) in [5, 5.41) is 15.4. The summed E-state index contributed by atoms with van der Waals surface area (Å²) in [6, 6.07) is 3.90. The summed E-state index contributed by atoms with van der Waals surface area (Å²) in [4.78, 5) is 4.60. The highest BCUT2D eigenvalue weighted by molar-refractivity contribution is 7.98. The molecule has 0 aliphatic heterocycles. The molecule has 0 bridgehead atoms. The standard InChI is InChI=1S/C16H29N3O2S/c1-22-14-11-19-16(17-9-4-2-3-5-12-20)18-10-8-15-7-6-13-21-15/h6-7,13,20H,2-5,8-12,14H2,1H3,(H2,17,18,19). The molecule has 1 aromatic heterocycles. The average Bonchev–Trinajstić information content (AvgIpc) is 3.03. The SMILES string of the molecule is CSCCNC(=NCCCCCCO)NCCc1ccco1. The predicted octanol–water partition coefficient (Wildman–Crippen LogP) is 2.27. The Morgan fingerprint density at radius 3 is 2.77 bits per heavy atom. The van der Waals surface area contributed by atoms with E-state index < -0.39 is 0 Å². The summed E-state index contributed by atoms with van der Waals surface area (Å²) in [5.74, 6) is 2.93. The summed E-state index contributed by atoms with van der Waals surface area (Å²) >= 11 is 1.82. The van der Waals surface area contributed by atoms with Crippen molar-refractivity contribution in [3.05, 3.63) is 24.2 Å². The van der Waals surface area contributed by atoms with Crippen LogP contribution >= 0.6 is 11.8 Å². The number of furan rings is 1. The maximum atomic E-state index is 8.75. The molecule has 0 aliphatic rings. The maximum absolute atomic E-state index is 8.75. The van der Waals surface area contributed by atoms with Crippen LogP contribution in [-0.4, -0.2) is 49.3 Å². The number of aliphatic imine (C=N–C) groups is 1. The Morgan fingerprint density at radius 2 is 2.05 bits per heavy atom. The lowest BCUT2D eigenvalue weighted by molar-refractivity contribution is 0.282. The van der Waals surface area contributed by atoms with Gasteiger partial charge in [0.1, 0.15) is 5.76 Å². The van der Waals surface area contributed by atoms with E-state index in [0.717, 1.165) is 69.2 Å². The third-order valence-electron chi connectivity index (χ3n) is 3.18. The van der Waals surface area contributed by atoms with Gasteiger partial charge < -0.3 is 20.2 Å². The average molecular weight is 327 g/mol. The first-order chi connectivity index (χ1) is 10.9. The highest BCUT2D eigenvalue weighted by Crippen LogP contribution is 2.00. The van der Waals surface area contributed by atoms with E-state index in [-0.39, 0.29) is 0 Å². The Bertz CT molecular complexity index is 383. The van der Waals surface area contributed by atoms with Gasteiger partial charge in [-0.3, -0.25) is 4.99 Å². The minimum atomic E-state index is 0.291. The van der Waals surface area contributed by atoms with Gasteiger partial charge in [-0.15, -0.1) is 0 Å². The molecule has 0 amide bonds. The Labute approximate surface area is 138 Å². The first-order valence-electron chi connectivity index (χ1n) is 8.01.